The molecule has 1 aromatic heterocycles. The van der Waals surface area contributed by atoms with Crippen LogP contribution in [0.2, 0.25) is 10.0 Å². The molecule has 19 heavy (non-hydrogen) atoms. The number of aryl methyl sites for hydroxylation is 1. The molecule has 0 amide bonds. The van der Waals surface area contributed by atoms with Crippen LogP contribution < -0.4 is 0 Å². The Kier molecular flexibility index (Phi) is 3.99. The van der Waals surface area contributed by atoms with Crippen molar-refractivity contribution in [3.63, 3.8) is 0 Å². The summed E-state index contributed by atoms with van der Waals surface area (Å²) in [5.41, 5.74) is 3.91. The van der Waals surface area contributed by atoms with E-state index >= 15 is 0 Å². The van der Waals surface area contributed by atoms with Gasteiger partial charge in [-0.3, -0.25) is 0 Å². The first-order valence-electron chi connectivity index (χ1n) is 5.75. The van der Waals surface area contributed by atoms with Crippen molar-refractivity contribution >= 4 is 29.3 Å². The highest BCUT2D eigenvalue weighted by Crippen LogP contribution is 2.31. The van der Waals surface area contributed by atoms with Crippen molar-refractivity contribution in [2.24, 2.45) is 0 Å². The van der Waals surface area contributed by atoms with Gasteiger partial charge >= 0.3 is 0 Å². The summed E-state index contributed by atoms with van der Waals surface area (Å²) in [6.45, 7) is 3.98. The van der Waals surface area contributed by atoms with E-state index in [0.717, 1.165) is 22.6 Å². The first-order chi connectivity index (χ1) is 9.06. The standard InChI is InChI=1S/C15H12Cl2N2/c1-10-9-12(5-4-8-18)11(2)19(10)14-7-3-6-13(16)15(14)17/h3-7,9H,1-2H3. The van der Waals surface area contributed by atoms with E-state index in [-0.39, 0.29) is 0 Å². The van der Waals surface area contributed by atoms with Gasteiger partial charge in [-0.15, -0.1) is 0 Å². The number of nitrogens with zero attached hydrogens (tertiary/aromatic N) is 2. The van der Waals surface area contributed by atoms with Crippen molar-refractivity contribution in [1.29, 1.82) is 5.26 Å². The monoisotopic (exact) mass is 290 g/mol. The van der Waals surface area contributed by atoms with Crippen molar-refractivity contribution < 1.29 is 0 Å². The molecule has 0 spiro atoms. The normalized spacial score (nSPS) is 10.9. The highest BCUT2D eigenvalue weighted by Gasteiger charge is 2.13. The number of halogens is 2. The summed E-state index contributed by atoms with van der Waals surface area (Å²) >= 11 is 12.3. The van der Waals surface area contributed by atoms with Gasteiger partial charge in [0.2, 0.25) is 0 Å². The molecule has 0 radical (unpaired) electrons. The fraction of sp³-hybridized carbons (Fsp3) is 0.133. The Morgan fingerprint density at radius 3 is 2.68 bits per heavy atom. The quantitative estimate of drug-likeness (QED) is 0.720. The minimum atomic E-state index is 0.529. The van der Waals surface area contributed by atoms with E-state index in [2.05, 4.69) is 0 Å². The summed E-state index contributed by atoms with van der Waals surface area (Å²) in [5.74, 6) is 0. The van der Waals surface area contributed by atoms with Crippen LogP contribution in [0.3, 0.4) is 0 Å². The van der Waals surface area contributed by atoms with Gasteiger partial charge in [-0.1, -0.05) is 29.3 Å². The minimum absolute atomic E-state index is 0.529. The fourth-order valence-electron chi connectivity index (χ4n) is 2.12. The number of hydrogen-bond donors (Lipinski definition) is 0. The Bertz CT molecular complexity index is 691. The van der Waals surface area contributed by atoms with Crippen molar-refractivity contribution in [2.45, 2.75) is 13.8 Å². The number of nitriles is 1. The molecule has 0 bridgehead atoms. The zero-order valence-electron chi connectivity index (χ0n) is 10.6. The van der Waals surface area contributed by atoms with E-state index in [1.54, 1.807) is 12.1 Å². The van der Waals surface area contributed by atoms with Crippen LogP contribution in [0.15, 0.2) is 30.3 Å². The number of benzene rings is 1. The molecule has 96 valence electrons. The lowest BCUT2D eigenvalue weighted by Gasteiger charge is -2.12. The number of hydrogen-bond acceptors (Lipinski definition) is 1. The highest BCUT2D eigenvalue weighted by atomic mass is 35.5. The average molecular weight is 291 g/mol. The number of aromatic nitrogens is 1. The van der Waals surface area contributed by atoms with Crippen LogP contribution in [0.5, 0.6) is 0 Å². The van der Waals surface area contributed by atoms with Crippen molar-refractivity contribution in [1.82, 2.24) is 4.57 Å². The average Bonchev–Trinajstić information content (AvgIpc) is 2.66. The van der Waals surface area contributed by atoms with E-state index in [0.29, 0.717) is 10.0 Å². The number of allylic oxidation sites excluding steroid dienone is 1. The van der Waals surface area contributed by atoms with Crippen molar-refractivity contribution in [3.8, 4) is 11.8 Å². The Balaban J connectivity index is 2.64. The van der Waals surface area contributed by atoms with Gasteiger partial charge in [0, 0.05) is 17.5 Å². The summed E-state index contributed by atoms with van der Waals surface area (Å²) in [4.78, 5) is 0. The SMILES string of the molecule is Cc1cc(C=CC#N)c(C)n1-c1cccc(Cl)c1Cl. The van der Waals surface area contributed by atoms with Gasteiger partial charge in [-0.05, 0) is 43.7 Å². The third-order valence-corrected chi connectivity index (χ3v) is 3.79. The molecule has 0 saturated carbocycles. The summed E-state index contributed by atoms with van der Waals surface area (Å²) in [6.07, 6.45) is 3.25. The van der Waals surface area contributed by atoms with E-state index in [1.807, 2.05) is 42.7 Å². The van der Waals surface area contributed by atoms with Crippen LogP contribution in [-0.4, -0.2) is 4.57 Å². The summed E-state index contributed by atoms with van der Waals surface area (Å²) < 4.78 is 2.03. The van der Waals surface area contributed by atoms with Gasteiger partial charge in [0.1, 0.15) is 0 Å². The van der Waals surface area contributed by atoms with Crippen LogP contribution in [0.25, 0.3) is 11.8 Å². The summed E-state index contributed by atoms with van der Waals surface area (Å²) in [6, 6.07) is 9.56. The Labute approximate surface area is 122 Å². The first-order valence-corrected chi connectivity index (χ1v) is 6.51. The lowest BCUT2D eigenvalue weighted by Crippen LogP contribution is -2.00. The molecule has 2 nitrogen and oxygen atoms in total. The fourth-order valence-corrected chi connectivity index (χ4v) is 2.50. The van der Waals surface area contributed by atoms with Crippen molar-refractivity contribution in [3.05, 3.63) is 57.3 Å². The van der Waals surface area contributed by atoms with Crippen molar-refractivity contribution in [2.75, 3.05) is 0 Å². The molecule has 0 fully saturated rings. The van der Waals surface area contributed by atoms with Gasteiger partial charge in [0.15, 0.2) is 0 Å². The summed E-state index contributed by atoms with van der Waals surface area (Å²) in [5, 5.41) is 9.67. The predicted octanol–water partition coefficient (Wildman–Crippen LogP) is 4.94. The molecule has 0 atom stereocenters. The van der Waals surface area contributed by atoms with Gasteiger partial charge in [0.05, 0.1) is 21.8 Å². The molecule has 2 aromatic rings. The maximum atomic E-state index is 8.61. The van der Waals surface area contributed by atoms with E-state index in [9.17, 15) is 0 Å². The molecule has 4 heteroatoms. The van der Waals surface area contributed by atoms with E-state index in [4.69, 9.17) is 28.5 Å². The molecule has 0 aliphatic carbocycles. The lowest BCUT2D eigenvalue weighted by molar-refractivity contribution is 0.965. The Morgan fingerprint density at radius 1 is 1.26 bits per heavy atom. The van der Waals surface area contributed by atoms with Gasteiger partial charge in [-0.25, -0.2) is 0 Å². The predicted molar refractivity (Wildman–Crippen MR) is 79.9 cm³/mol. The second-order valence-electron chi connectivity index (χ2n) is 4.20. The van der Waals surface area contributed by atoms with Crippen LogP contribution in [-0.2, 0) is 0 Å². The molecular formula is C15H12Cl2N2. The maximum Gasteiger partial charge on any atom is 0.0912 e. The van der Waals surface area contributed by atoms with Crippen LogP contribution in [0.1, 0.15) is 17.0 Å². The highest BCUT2D eigenvalue weighted by molar-refractivity contribution is 6.43. The first kappa shape index (κ1) is 13.7. The third-order valence-electron chi connectivity index (χ3n) is 2.98. The topological polar surface area (TPSA) is 28.7 Å². The van der Waals surface area contributed by atoms with Crippen LogP contribution >= 0.6 is 23.2 Å². The molecule has 1 heterocycles. The molecular weight excluding hydrogens is 279 g/mol. The Hall–Kier alpha value is -1.69. The zero-order valence-corrected chi connectivity index (χ0v) is 12.1. The van der Waals surface area contributed by atoms with Gasteiger partial charge in [0.25, 0.3) is 0 Å². The largest absolute Gasteiger partial charge is 0.316 e. The molecule has 0 aliphatic heterocycles. The minimum Gasteiger partial charge on any atom is -0.316 e. The second-order valence-corrected chi connectivity index (χ2v) is 4.98. The van der Waals surface area contributed by atoms with Gasteiger partial charge in [-0.2, -0.15) is 5.26 Å². The second kappa shape index (κ2) is 5.52. The number of rotatable bonds is 2. The summed E-state index contributed by atoms with van der Waals surface area (Å²) in [7, 11) is 0. The van der Waals surface area contributed by atoms with E-state index in [1.165, 1.54) is 6.08 Å². The van der Waals surface area contributed by atoms with Gasteiger partial charge < -0.3 is 4.57 Å². The van der Waals surface area contributed by atoms with Crippen LogP contribution in [0, 0.1) is 25.2 Å². The molecule has 0 saturated heterocycles. The Morgan fingerprint density at radius 2 is 2.00 bits per heavy atom. The molecule has 0 N–H and O–H groups in total. The van der Waals surface area contributed by atoms with E-state index < -0.39 is 0 Å². The third kappa shape index (κ3) is 2.53. The zero-order chi connectivity index (χ0) is 14.0. The molecule has 0 aliphatic rings. The molecule has 0 unspecified atom stereocenters. The molecule has 1 aromatic carbocycles. The molecule has 2 rings (SSSR count). The lowest BCUT2D eigenvalue weighted by atomic mass is 10.2. The van der Waals surface area contributed by atoms with Crippen LogP contribution in [0.4, 0.5) is 0 Å². The smallest absolute Gasteiger partial charge is 0.0912 e. The maximum absolute atomic E-state index is 8.61.